The van der Waals surface area contributed by atoms with Crippen molar-refractivity contribution in [2.45, 2.75) is 56.5 Å². The molecule has 128 valence electrons. The number of hydrogen-bond donors (Lipinski definition) is 1. The molecule has 1 amide bonds. The lowest BCUT2D eigenvalue weighted by Crippen LogP contribution is -2.49. The van der Waals surface area contributed by atoms with E-state index in [0.717, 1.165) is 45.1 Å². The highest BCUT2D eigenvalue weighted by Crippen LogP contribution is 2.29. The van der Waals surface area contributed by atoms with E-state index in [9.17, 15) is 14.9 Å². The number of hydrogen-bond acceptors (Lipinski definition) is 5. The average molecular weight is 329 g/mol. The Morgan fingerprint density at radius 2 is 2.17 bits per heavy atom. The van der Waals surface area contributed by atoms with Crippen LogP contribution in [0, 0.1) is 11.3 Å². The lowest BCUT2D eigenvalue weighted by atomic mass is 10.00. The normalized spacial score (nSPS) is 23.0. The number of Topliss-reactive ketones (excluding diaryl/α,β-unsaturated/α-hetero) is 1. The summed E-state index contributed by atoms with van der Waals surface area (Å²) in [6.45, 7) is 1.06. The summed E-state index contributed by atoms with van der Waals surface area (Å²) in [5, 5.41) is 12.3. The first-order valence-electron chi connectivity index (χ1n) is 8.65. The van der Waals surface area contributed by atoms with Gasteiger partial charge < -0.3 is 9.73 Å². The Morgan fingerprint density at radius 1 is 1.38 bits per heavy atom. The number of nitrogens with one attached hydrogen (secondary N) is 1. The van der Waals surface area contributed by atoms with Crippen molar-refractivity contribution in [3.8, 4) is 6.07 Å². The summed E-state index contributed by atoms with van der Waals surface area (Å²) in [5.41, 5.74) is -0.684. The van der Waals surface area contributed by atoms with E-state index in [1.807, 2.05) is 0 Å². The molecule has 1 aromatic rings. The first-order chi connectivity index (χ1) is 11.6. The summed E-state index contributed by atoms with van der Waals surface area (Å²) in [6.07, 6.45) is 7.18. The molecule has 24 heavy (non-hydrogen) atoms. The minimum Gasteiger partial charge on any atom is -0.461 e. The third-order valence-electron chi connectivity index (χ3n) is 5.11. The summed E-state index contributed by atoms with van der Waals surface area (Å²) < 4.78 is 5.15. The first-order valence-corrected chi connectivity index (χ1v) is 8.65. The highest BCUT2D eigenvalue weighted by Gasteiger charge is 2.36. The number of likely N-dealkylation sites (tertiary alicyclic amines) is 1. The lowest BCUT2D eigenvalue weighted by Gasteiger charge is -2.27. The van der Waals surface area contributed by atoms with Gasteiger partial charge in [0.1, 0.15) is 5.54 Å². The van der Waals surface area contributed by atoms with E-state index in [4.69, 9.17) is 4.42 Å². The number of rotatable bonds is 6. The molecule has 0 spiro atoms. The quantitative estimate of drug-likeness (QED) is 0.809. The van der Waals surface area contributed by atoms with Crippen molar-refractivity contribution in [3.05, 3.63) is 24.2 Å². The maximum absolute atomic E-state index is 12.4. The largest absolute Gasteiger partial charge is 0.461 e. The van der Waals surface area contributed by atoms with Crippen LogP contribution in [0.4, 0.5) is 0 Å². The average Bonchev–Trinajstić information content (AvgIpc) is 3.30. The third-order valence-corrected chi connectivity index (χ3v) is 5.11. The summed E-state index contributed by atoms with van der Waals surface area (Å²) in [5.74, 6) is 0.234. The lowest BCUT2D eigenvalue weighted by molar-refractivity contribution is -0.123. The topological polar surface area (TPSA) is 86.3 Å². The second kappa shape index (κ2) is 7.18. The zero-order chi connectivity index (χ0) is 17.0. The molecule has 1 saturated heterocycles. The summed E-state index contributed by atoms with van der Waals surface area (Å²) in [7, 11) is 0. The van der Waals surface area contributed by atoms with Crippen LogP contribution >= 0.6 is 0 Å². The third kappa shape index (κ3) is 3.68. The van der Waals surface area contributed by atoms with Crippen LogP contribution in [0.25, 0.3) is 0 Å². The molecule has 6 nitrogen and oxygen atoms in total. The predicted octanol–water partition coefficient (Wildman–Crippen LogP) is 2.27. The van der Waals surface area contributed by atoms with E-state index in [0.29, 0.717) is 12.2 Å². The number of carbonyl (C=O) groups excluding carboxylic acids is 2. The number of nitrogens with zero attached hydrogens (tertiary/aromatic N) is 2. The molecular formula is C18H23N3O3. The molecule has 0 radical (unpaired) electrons. The summed E-state index contributed by atoms with van der Waals surface area (Å²) in [4.78, 5) is 26.6. The fraction of sp³-hybridized carbons (Fsp3) is 0.611. The van der Waals surface area contributed by atoms with Gasteiger partial charge in [0, 0.05) is 12.5 Å². The number of furan rings is 1. The van der Waals surface area contributed by atoms with Crippen molar-refractivity contribution in [1.29, 1.82) is 5.26 Å². The molecule has 6 heteroatoms. The standard InChI is InChI=1S/C18H23N3O3/c19-13-18(7-1-2-8-18)20-17(23)12-21-9-3-5-14(21)11-15(22)16-6-4-10-24-16/h4,6,10,14H,1-3,5,7-9,11-12H2,(H,20,23). The second-order valence-electron chi connectivity index (χ2n) is 6.82. The van der Waals surface area contributed by atoms with E-state index in [1.165, 1.54) is 6.26 Å². The minimum atomic E-state index is -0.684. The number of nitriles is 1. The van der Waals surface area contributed by atoms with Crippen molar-refractivity contribution < 1.29 is 14.0 Å². The van der Waals surface area contributed by atoms with Gasteiger partial charge in [-0.25, -0.2) is 0 Å². The Balaban J connectivity index is 1.55. The highest BCUT2D eigenvalue weighted by atomic mass is 16.3. The van der Waals surface area contributed by atoms with Gasteiger partial charge in [0.2, 0.25) is 5.91 Å². The Morgan fingerprint density at radius 3 is 2.83 bits per heavy atom. The smallest absolute Gasteiger partial charge is 0.235 e. The van der Waals surface area contributed by atoms with E-state index < -0.39 is 5.54 Å². The van der Waals surface area contributed by atoms with Crippen LogP contribution in [0.15, 0.2) is 22.8 Å². The van der Waals surface area contributed by atoms with Crippen molar-refractivity contribution >= 4 is 11.7 Å². The Kier molecular flexibility index (Phi) is 5.00. The Labute approximate surface area is 141 Å². The molecule has 1 atom stereocenters. The predicted molar refractivity (Wildman–Crippen MR) is 87.2 cm³/mol. The van der Waals surface area contributed by atoms with Gasteiger partial charge in [0.05, 0.1) is 18.9 Å². The molecule has 3 rings (SSSR count). The number of ketones is 1. The minimum absolute atomic E-state index is 0.0263. The molecule has 1 aliphatic heterocycles. The summed E-state index contributed by atoms with van der Waals surface area (Å²) in [6, 6.07) is 5.72. The van der Waals surface area contributed by atoms with Gasteiger partial charge in [-0.1, -0.05) is 0 Å². The molecule has 0 bridgehead atoms. The van der Waals surface area contributed by atoms with Crippen LogP contribution in [0.3, 0.4) is 0 Å². The Bertz CT molecular complexity index is 626. The van der Waals surface area contributed by atoms with Crippen LogP contribution < -0.4 is 5.32 Å². The van der Waals surface area contributed by atoms with Crippen molar-refractivity contribution in [3.63, 3.8) is 0 Å². The van der Waals surface area contributed by atoms with Gasteiger partial charge in [0.15, 0.2) is 11.5 Å². The van der Waals surface area contributed by atoms with E-state index in [1.54, 1.807) is 12.1 Å². The SMILES string of the molecule is N#CC1(NC(=O)CN2CCCC2CC(=O)c2ccco2)CCCC1. The van der Waals surface area contributed by atoms with Crippen LogP contribution in [0.1, 0.15) is 55.5 Å². The van der Waals surface area contributed by atoms with Gasteiger partial charge in [-0.3, -0.25) is 14.5 Å². The van der Waals surface area contributed by atoms with Crippen LogP contribution in [-0.4, -0.2) is 41.3 Å². The molecular weight excluding hydrogens is 306 g/mol. The zero-order valence-electron chi connectivity index (χ0n) is 13.8. The molecule has 1 N–H and O–H groups in total. The van der Waals surface area contributed by atoms with Crippen LogP contribution in [0.5, 0.6) is 0 Å². The molecule has 1 unspecified atom stereocenters. The molecule has 2 fully saturated rings. The monoisotopic (exact) mass is 329 g/mol. The maximum Gasteiger partial charge on any atom is 0.235 e. The van der Waals surface area contributed by atoms with Crippen LogP contribution in [-0.2, 0) is 4.79 Å². The summed E-state index contributed by atoms with van der Waals surface area (Å²) >= 11 is 0. The fourth-order valence-corrected chi connectivity index (χ4v) is 3.82. The molecule has 1 aromatic heterocycles. The van der Waals surface area contributed by atoms with E-state index >= 15 is 0 Å². The van der Waals surface area contributed by atoms with Crippen molar-refractivity contribution in [2.24, 2.45) is 0 Å². The molecule has 2 heterocycles. The molecule has 1 aliphatic carbocycles. The molecule has 2 aliphatic rings. The van der Waals surface area contributed by atoms with Crippen molar-refractivity contribution in [1.82, 2.24) is 10.2 Å². The first kappa shape index (κ1) is 16.7. The molecule has 0 aromatic carbocycles. The fourth-order valence-electron chi connectivity index (χ4n) is 3.82. The van der Waals surface area contributed by atoms with E-state index in [-0.39, 0.29) is 24.3 Å². The van der Waals surface area contributed by atoms with Crippen LogP contribution in [0.2, 0.25) is 0 Å². The van der Waals surface area contributed by atoms with Gasteiger partial charge in [-0.05, 0) is 57.2 Å². The zero-order valence-corrected chi connectivity index (χ0v) is 13.8. The maximum atomic E-state index is 12.4. The highest BCUT2D eigenvalue weighted by molar-refractivity contribution is 5.93. The number of amides is 1. The molecule has 1 saturated carbocycles. The number of carbonyl (C=O) groups is 2. The Hall–Kier alpha value is -2.13. The van der Waals surface area contributed by atoms with Gasteiger partial charge in [-0.2, -0.15) is 5.26 Å². The van der Waals surface area contributed by atoms with Gasteiger partial charge in [0.25, 0.3) is 0 Å². The van der Waals surface area contributed by atoms with E-state index in [2.05, 4.69) is 16.3 Å². The van der Waals surface area contributed by atoms with Gasteiger partial charge >= 0.3 is 0 Å². The van der Waals surface area contributed by atoms with Gasteiger partial charge in [-0.15, -0.1) is 0 Å². The van der Waals surface area contributed by atoms with Crippen molar-refractivity contribution in [2.75, 3.05) is 13.1 Å². The second-order valence-corrected chi connectivity index (χ2v) is 6.82.